The van der Waals surface area contributed by atoms with Crippen molar-refractivity contribution in [2.45, 2.75) is 66.1 Å². The fourth-order valence-corrected chi connectivity index (χ4v) is 5.42. The zero-order valence-electron chi connectivity index (χ0n) is 19.0. The van der Waals surface area contributed by atoms with Crippen molar-refractivity contribution in [2.75, 3.05) is 11.9 Å². The summed E-state index contributed by atoms with van der Waals surface area (Å²) in [6, 6.07) is 6.43. The van der Waals surface area contributed by atoms with Crippen LogP contribution < -0.4 is 5.32 Å². The molecule has 0 radical (unpaired) electrons. The number of rotatable bonds is 4. The number of fused-ring (bicyclic) bond motifs is 2. The van der Waals surface area contributed by atoms with E-state index in [1.165, 1.54) is 11.3 Å². The van der Waals surface area contributed by atoms with Gasteiger partial charge in [-0.2, -0.15) is 0 Å². The van der Waals surface area contributed by atoms with Crippen LogP contribution in [0.2, 0.25) is 0 Å². The molecule has 2 N–H and O–H groups in total. The van der Waals surface area contributed by atoms with Gasteiger partial charge >= 0.3 is 5.97 Å². The number of hydrogen-bond donors (Lipinski definition) is 2. The predicted molar refractivity (Wildman–Crippen MR) is 127 cm³/mol. The molecular formula is C25H30N2O3S. The second kappa shape index (κ2) is 7.92. The lowest BCUT2D eigenvalue weighted by molar-refractivity contribution is -0.160. The van der Waals surface area contributed by atoms with Crippen LogP contribution in [0.3, 0.4) is 0 Å². The van der Waals surface area contributed by atoms with Crippen LogP contribution in [0.25, 0.3) is 21.3 Å². The largest absolute Gasteiger partial charge is 0.479 e. The summed E-state index contributed by atoms with van der Waals surface area (Å²) in [5.74, 6) is -0.999. The van der Waals surface area contributed by atoms with Gasteiger partial charge in [-0.1, -0.05) is 12.1 Å². The summed E-state index contributed by atoms with van der Waals surface area (Å²) < 4.78 is 6.08. The van der Waals surface area contributed by atoms with Crippen molar-refractivity contribution in [3.05, 3.63) is 45.5 Å². The molecule has 0 amide bonds. The zero-order chi connectivity index (χ0) is 22.5. The van der Waals surface area contributed by atoms with Crippen molar-refractivity contribution in [3.63, 3.8) is 0 Å². The molecule has 1 aliphatic heterocycles. The highest BCUT2D eigenvalue weighted by atomic mass is 32.1. The minimum absolute atomic E-state index is 0.612. The SMILES string of the molecule is Cc1cc2c(-c3ccc4c(c3C)NCCC4)c([C@H](OC(C)(C)C)C(=O)O)c(C)nc2s1. The van der Waals surface area contributed by atoms with Gasteiger partial charge in [-0.25, -0.2) is 9.78 Å². The first kappa shape index (κ1) is 21.8. The first-order valence-electron chi connectivity index (χ1n) is 10.7. The Kier molecular flexibility index (Phi) is 5.56. The second-order valence-electron chi connectivity index (χ2n) is 9.31. The van der Waals surface area contributed by atoms with Gasteiger partial charge in [0.1, 0.15) is 4.83 Å². The number of carboxylic acid groups (broad SMARTS) is 1. The van der Waals surface area contributed by atoms with E-state index in [4.69, 9.17) is 9.72 Å². The minimum Gasteiger partial charge on any atom is -0.479 e. The normalized spacial score (nSPS) is 14.9. The molecule has 0 bridgehead atoms. The molecule has 0 saturated carbocycles. The Morgan fingerprint density at radius 3 is 2.68 bits per heavy atom. The maximum Gasteiger partial charge on any atom is 0.337 e. The van der Waals surface area contributed by atoms with E-state index in [9.17, 15) is 9.90 Å². The van der Waals surface area contributed by atoms with Crippen LogP contribution in [0.5, 0.6) is 0 Å². The quantitative estimate of drug-likeness (QED) is 0.508. The summed E-state index contributed by atoms with van der Waals surface area (Å²) in [6.45, 7) is 12.7. The third kappa shape index (κ3) is 4.06. The smallest absolute Gasteiger partial charge is 0.337 e. The van der Waals surface area contributed by atoms with Crippen LogP contribution >= 0.6 is 11.3 Å². The molecule has 0 fully saturated rings. The van der Waals surface area contributed by atoms with E-state index < -0.39 is 17.7 Å². The number of nitrogens with one attached hydrogen (secondary N) is 1. The summed E-state index contributed by atoms with van der Waals surface area (Å²) in [4.78, 5) is 19.3. The highest BCUT2D eigenvalue weighted by Crippen LogP contribution is 2.44. The predicted octanol–water partition coefficient (Wildman–Crippen LogP) is 6.19. The Morgan fingerprint density at radius 1 is 1.26 bits per heavy atom. The molecular weight excluding hydrogens is 408 g/mol. The van der Waals surface area contributed by atoms with E-state index in [0.717, 1.165) is 51.2 Å². The van der Waals surface area contributed by atoms with Gasteiger partial charge in [0.15, 0.2) is 6.10 Å². The van der Waals surface area contributed by atoms with Crippen molar-refractivity contribution in [1.82, 2.24) is 4.98 Å². The third-order valence-electron chi connectivity index (χ3n) is 5.74. The summed E-state index contributed by atoms with van der Waals surface area (Å²) in [6.07, 6.45) is 1.08. The van der Waals surface area contributed by atoms with Crippen molar-refractivity contribution in [3.8, 4) is 11.1 Å². The van der Waals surface area contributed by atoms with Gasteiger partial charge in [0, 0.05) is 39.3 Å². The number of aliphatic carboxylic acids is 1. The molecule has 1 aromatic carbocycles. The van der Waals surface area contributed by atoms with E-state index in [1.54, 1.807) is 11.3 Å². The molecule has 2 aromatic heterocycles. The minimum atomic E-state index is -1.10. The van der Waals surface area contributed by atoms with E-state index in [0.29, 0.717) is 11.3 Å². The molecule has 1 atom stereocenters. The van der Waals surface area contributed by atoms with Crippen LogP contribution in [0.15, 0.2) is 18.2 Å². The number of pyridine rings is 1. The maximum atomic E-state index is 12.4. The Bertz CT molecular complexity index is 1170. The van der Waals surface area contributed by atoms with Crippen molar-refractivity contribution < 1.29 is 14.6 Å². The van der Waals surface area contributed by atoms with E-state index in [-0.39, 0.29) is 0 Å². The molecule has 1 aliphatic rings. The first-order chi connectivity index (χ1) is 14.6. The van der Waals surface area contributed by atoms with Crippen molar-refractivity contribution in [2.24, 2.45) is 0 Å². The van der Waals surface area contributed by atoms with Gasteiger partial charge in [-0.15, -0.1) is 11.3 Å². The molecule has 0 unspecified atom stereocenters. The van der Waals surface area contributed by atoms with Gasteiger partial charge in [0.25, 0.3) is 0 Å². The highest BCUT2D eigenvalue weighted by molar-refractivity contribution is 7.18. The molecule has 31 heavy (non-hydrogen) atoms. The third-order valence-corrected chi connectivity index (χ3v) is 6.68. The number of aryl methyl sites for hydroxylation is 3. The van der Waals surface area contributed by atoms with Crippen LogP contribution in [-0.4, -0.2) is 28.2 Å². The maximum absolute atomic E-state index is 12.4. The lowest BCUT2D eigenvalue weighted by atomic mass is 9.87. The molecule has 0 spiro atoms. The number of anilines is 1. The molecule has 164 valence electrons. The summed E-state index contributed by atoms with van der Waals surface area (Å²) >= 11 is 1.64. The van der Waals surface area contributed by atoms with Crippen LogP contribution in [0, 0.1) is 20.8 Å². The number of aromatic nitrogens is 1. The van der Waals surface area contributed by atoms with Gasteiger partial charge in [0.05, 0.1) is 5.60 Å². The molecule has 5 nitrogen and oxygen atoms in total. The Balaban J connectivity index is 2.06. The Labute approximate surface area is 187 Å². The second-order valence-corrected chi connectivity index (χ2v) is 10.5. The number of carbonyl (C=O) groups is 1. The summed E-state index contributed by atoms with van der Waals surface area (Å²) in [5, 5.41) is 14.7. The fraction of sp³-hybridized carbons (Fsp3) is 0.440. The van der Waals surface area contributed by atoms with Gasteiger partial charge in [-0.05, 0) is 77.1 Å². The number of carboxylic acids is 1. The Morgan fingerprint density at radius 2 is 2.00 bits per heavy atom. The van der Waals surface area contributed by atoms with Gasteiger partial charge in [-0.3, -0.25) is 0 Å². The van der Waals surface area contributed by atoms with Gasteiger partial charge in [0.2, 0.25) is 0 Å². The standard InChI is InChI=1S/C25H30N2O3S/c1-13-12-18-20(17-10-9-16-8-7-11-26-21(16)14(17)2)19(15(3)27-23(18)31-13)22(24(28)29)30-25(4,5)6/h9-10,12,22,26H,7-8,11H2,1-6H3,(H,28,29)/t22-/m0/s1. The first-order valence-corrected chi connectivity index (χ1v) is 11.6. The number of ether oxygens (including phenoxy) is 1. The Hall–Kier alpha value is -2.44. The number of benzene rings is 1. The summed E-state index contributed by atoms with van der Waals surface area (Å²) in [7, 11) is 0. The lowest BCUT2D eigenvalue weighted by Crippen LogP contribution is -2.28. The molecule has 4 rings (SSSR count). The van der Waals surface area contributed by atoms with Crippen LogP contribution in [0.4, 0.5) is 5.69 Å². The van der Waals surface area contributed by atoms with Crippen LogP contribution in [0.1, 0.15) is 60.6 Å². The molecule has 3 heterocycles. The number of thiophene rings is 1. The van der Waals surface area contributed by atoms with Crippen molar-refractivity contribution in [1.29, 1.82) is 0 Å². The summed E-state index contributed by atoms with van der Waals surface area (Å²) in [5.41, 5.74) is 6.34. The molecule has 3 aromatic rings. The molecule has 0 saturated heterocycles. The molecule has 6 heteroatoms. The van der Waals surface area contributed by atoms with Crippen LogP contribution in [-0.2, 0) is 16.0 Å². The number of nitrogens with zero attached hydrogens (tertiary/aromatic N) is 1. The topological polar surface area (TPSA) is 71.5 Å². The van der Waals surface area contributed by atoms with E-state index >= 15 is 0 Å². The number of hydrogen-bond acceptors (Lipinski definition) is 5. The van der Waals surface area contributed by atoms with Crippen molar-refractivity contribution >= 4 is 33.2 Å². The van der Waals surface area contributed by atoms with E-state index in [2.05, 4.69) is 37.4 Å². The zero-order valence-corrected chi connectivity index (χ0v) is 19.9. The van der Waals surface area contributed by atoms with Gasteiger partial charge < -0.3 is 15.2 Å². The fourth-order valence-electron chi connectivity index (χ4n) is 4.49. The highest BCUT2D eigenvalue weighted by Gasteiger charge is 2.33. The average molecular weight is 439 g/mol. The average Bonchev–Trinajstić information content (AvgIpc) is 3.05. The lowest BCUT2D eigenvalue weighted by Gasteiger charge is -2.29. The molecule has 0 aliphatic carbocycles. The van der Waals surface area contributed by atoms with E-state index in [1.807, 2.05) is 27.7 Å². The monoisotopic (exact) mass is 438 g/mol.